The number of rotatable bonds is 5. The van der Waals surface area contributed by atoms with Gasteiger partial charge < -0.3 is 22.7 Å². The molecule has 0 aromatic carbocycles. The first-order valence-corrected chi connectivity index (χ1v) is 4.39. The third-order valence-electron chi connectivity index (χ3n) is 1.77. The van der Waals surface area contributed by atoms with Crippen LogP contribution in [0, 0.1) is 0 Å². The molecule has 0 aliphatic rings. The molecule has 0 saturated carbocycles. The number of nitrogens with zero attached hydrogens (tertiary/aromatic N) is 2. The van der Waals surface area contributed by atoms with Crippen LogP contribution in [0.5, 0.6) is 0 Å². The van der Waals surface area contributed by atoms with Crippen molar-refractivity contribution >= 4 is 12.9 Å². The van der Waals surface area contributed by atoms with Crippen LogP contribution in [0.25, 0.3) is 0 Å². The molecule has 0 aliphatic heterocycles. The molecule has 1 amide bonds. The summed E-state index contributed by atoms with van der Waals surface area (Å²) >= 11 is 0. The van der Waals surface area contributed by atoms with Gasteiger partial charge in [-0.3, -0.25) is 4.79 Å². The standard InChI is InChI=1S/C7H15BF3N2O.K/c1-4-13(6-8(9,10)11)5-7(14)12(2)3;/h4-6H2,1-3H3;/q-1;+1. The van der Waals surface area contributed by atoms with Gasteiger partial charge in [0.25, 0.3) is 0 Å². The molecule has 8 heteroatoms. The van der Waals surface area contributed by atoms with Crippen molar-refractivity contribution in [3.8, 4) is 0 Å². The molecular formula is C7H15BF3KN2O. The Morgan fingerprint density at radius 2 is 1.73 bits per heavy atom. The van der Waals surface area contributed by atoms with Crippen LogP contribution in [-0.2, 0) is 4.79 Å². The Labute approximate surface area is 131 Å². The van der Waals surface area contributed by atoms with Crippen LogP contribution in [0.3, 0.4) is 0 Å². The van der Waals surface area contributed by atoms with Gasteiger partial charge in [0, 0.05) is 14.1 Å². The van der Waals surface area contributed by atoms with Gasteiger partial charge in [-0.25, -0.2) is 0 Å². The molecule has 0 N–H and O–H groups in total. The van der Waals surface area contributed by atoms with E-state index in [9.17, 15) is 17.7 Å². The maximum atomic E-state index is 12.0. The van der Waals surface area contributed by atoms with Gasteiger partial charge in [-0.2, -0.15) is 0 Å². The summed E-state index contributed by atoms with van der Waals surface area (Å²) in [6.07, 6.45) is -0.976. The molecule has 0 aliphatic carbocycles. The number of carbonyl (C=O) groups excluding carboxylic acids is 1. The molecule has 84 valence electrons. The van der Waals surface area contributed by atoms with E-state index in [1.54, 1.807) is 6.92 Å². The van der Waals surface area contributed by atoms with E-state index in [1.807, 2.05) is 0 Å². The Morgan fingerprint density at radius 3 is 2.00 bits per heavy atom. The summed E-state index contributed by atoms with van der Waals surface area (Å²) in [4.78, 5) is 13.5. The second kappa shape index (κ2) is 8.08. The molecule has 0 spiro atoms. The Morgan fingerprint density at radius 1 is 1.27 bits per heavy atom. The maximum absolute atomic E-state index is 12.0. The Kier molecular flexibility index (Phi) is 9.85. The fourth-order valence-corrected chi connectivity index (χ4v) is 0.931. The van der Waals surface area contributed by atoms with Crippen LogP contribution in [0.1, 0.15) is 6.92 Å². The van der Waals surface area contributed by atoms with Crippen LogP contribution in [0.2, 0.25) is 0 Å². The van der Waals surface area contributed by atoms with Crippen molar-refractivity contribution in [1.82, 2.24) is 9.80 Å². The largest absolute Gasteiger partial charge is 1.00 e. The molecule has 0 atom stereocenters. The van der Waals surface area contributed by atoms with Crippen LogP contribution in [-0.4, -0.2) is 56.3 Å². The fraction of sp³-hybridized carbons (Fsp3) is 0.857. The molecule has 0 aromatic rings. The minimum atomic E-state index is -4.85. The van der Waals surface area contributed by atoms with E-state index in [2.05, 4.69) is 0 Å². The van der Waals surface area contributed by atoms with E-state index in [-0.39, 0.29) is 70.4 Å². The predicted octanol–water partition coefficient (Wildman–Crippen LogP) is -2.21. The summed E-state index contributed by atoms with van der Waals surface area (Å²) in [5.74, 6) is -0.313. The van der Waals surface area contributed by atoms with Crippen molar-refractivity contribution < 1.29 is 69.1 Å². The van der Waals surface area contributed by atoms with Gasteiger partial charge in [0.2, 0.25) is 5.91 Å². The second-order valence-electron chi connectivity index (χ2n) is 3.33. The molecule has 0 aromatic heterocycles. The molecular weight excluding hydrogens is 235 g/mol. The second-order valence-corrected chi connectivity index (χ2v) is 3.33. The third-order valence-corrected chi connectivity index (χ3v) is 1.77. The number of hydrogen-bond acceptors (Lipinski definition) is 2. The zero-order valence-corrected chi connectivity index (χ0v) is 12.8. The summed E-state index contributed by atoms with van der Waals surface area (Å²) in [7, 11) is 3.05. The van der Waals surface area contributed by atoms with Gasteiger partial charge in [0.05, 0.1) is 6.54 Å². The van der Waals surface area contributed by atoms with E-state index in [1.165, 1.54) is 19.0 Å². The first-order chi connectivity index (χ1) is 6.26. The average molecular weight is 250 g/mol. The van der Waals surface area contributed by atoms with Crippen molar-refractivity contribution in [2.45, 2.75) is 6.92 Å². The van der Waals surface area contributed by atoms with Gasteiger partial charge in [-0.1, -0.05) is 6.92 Å². The zero-order chi connectivity index (χ0) is 11.4. The van der Waals surface area contributed by atoms with Crippen molar-refractivity contribution in [1.29, 1.82) is 0 Å². The van der Waals surface area contributed by atoms with Crippen molar-refractivity contribution in [3.05, 3.63) is 0 Å². The predicted molar refractivity (Wildman–Crippen MR) is 49.9 cm³/mol. The third kappa shape index (κ3) is 9.83. The molecule has 3 nitrogen and oxygen atoms in total. The number of hydrogen-bond donors (Lipinski definition) is 0. The van der Waals surface area contributed by atoms with E-state index in [4.69, 9.17) is 0 Å². The number of halogens is 3. The Hall–Kier alpha value is 0.921. The van der Waals surface area contributed by atoms with Gasteiger partial charge in [-0.05, 0) is 13.0 Å². The van der Waals surface area contributed by atoms with Gasteiger partial charge in [0.1, 0.15) is 0 Å². The SMILES string of the molecule is CCN(CC(=O)N(C)C)C[B-](F)(F)F.[K+]. The van der Waals surface area contributed by atoms with Gasteiger partial charge in [0.15, 0.2) is 0 Å². The number of likely N-dealkylation sites (N-methyl/N-ethyl adjacent to an activating group) is 2. The molecule has 0 fully saturated rings. The van der Waals surface area contributed by atoms with Crippen molar-refractivity contribution in [2.24, 2.45) is 0 Å². The summed E-state index contributed by atoms with van der Waals surface area (Å²) in [6.45, 7) is -3.20. The minimum Gasteiger partial charge on any atom is -0.448 e. The summed E-state index contributed by atoms with van der Waals surface area (Å²) in [5, 5.41) is 0. The Bertz CT molecular complexity index is 201. The van der Waals surface area contributed by atoms with E-state index >= 15 is 0 Å². The fourth-order valence-electron chi connectivity index (χ4n) is 0.931. The van der Waals surface area contributed by atoms with Crippen LogP contribution < -0.4 is 51.4 Å². The Balaban J connectivity index is 0. The average Bonchev–Trinajstić information content (AvgIpc) is 2.00. The van der Waals surface area contributed by atoms with E-state index < -0.39 is 13.4 Å². The monoisotopic (exact) mass is 250 g/mol. The number of amides is 1. The number of carbonyl (C=O) groups is 1. The van der Waals surface area contributed by atoms with Crippen molar-refractivity contribution in [2.75, 3.05) is 33.6 Å². The molecule has 0 heterocycles. The molecule has 0 radical (unpaired) electrons. The topological polar surface area (TPSA) is 23.6 Å². The quantitative estimate of drug-likeness (QED) is 0.516. The molecule has 0 unspecified atom stereocenters. The molecule has 0 bridgehead atoms. The van der Waals surface area contributed by atoms with E-state index in [0.717, 1.165) is 4.90 Å². The van der Waals surface area contributed by atoms with Crippen LogP contribution in [0.4, 0.5) is 12.9 Å². The normalized spacial score (nSPS) is 11.1. The first kappa shape index (κ1) is 18.3. The van der Waals surface area contributed by atoms with E-state index in [0.29, 0.717) is 0 Å². The molecule has 15 heavy (non-hydrogen) atoms. The minimum absolute atomic E-state index is 0. The smallest absolute Gasteiger partial charge is 0.448 e. The van der Waals surface area contributed by atoms with Crippen LogP contribution in [0.15, 0.2) is 0 Å². The van der Waals surface area contributed by atoms with Gasteiger partial charge in [-0.15, -0.1) is 0 Å². The summed E-state index contributed by atoms with van der Waals surface area (Å²) < 4.78 is 36.1. The zero-order valence-electron chi connectivity index (χ0n) is 9.64. The summed E-state index contributed by atoms with van der Waals surface area (Å²) in [6, 6.07) is 0. The van der Waals surface area contributed by atoms with Crippen LogP contribution >= 0.6 is 0 Å². The first-order valence-electron chi connectivity index (χ1n) is 4.39. The maximum Gasteiger partial charge on any atom is 1.00 e. The molecule has 0 saturated heterocycles. The summed E-state index contributed by atoms with van der Waals surface area (Å²) in [5.41, 5.74) is 0. The van der Waals surface area contributed by atoms with Gasteiger partial charge >= 0.3 is 58.4 Å². The molecule has 0 rings (SSSR count). The van der Waals surface area contributed by atoms with Crippen molar-refractivity contribution in [3.63, 3.8) is 0 Å².